The lowest BCUT2D eigenvalue weighted by Crippen LogP contribution is -2.12. The maximum absolute atomic E-state index is 14.3. The molecule has 0 bridgehead atoms. The van der Waals surface area contributed by atoms with E-state index in [2.05, 4.69) is 15.9 Å². The van der Waals surface area contributed by atoms with Crippen LogP contribution in [0.2, 0.25) is 0 Å². The van der Waals surface area contributed by atoms with E-state index in [0.717, 1.165) is 18.2 Å². The maximum Gasteiger partial charge on any atom is 0.416 e. The van der Waals surface area contributed by atoms with Gasteiger partial charge in [0.15, 0.2) is 0 Å². The van der Waals surface area contributed by atoms with Crippen molar-refractivity contribution in [3.05, 3.63) is 62.2 Å². The first-order valence-electron chi connectivity index (χ1n) is 8.51. The Bertz CT molecular complexity index is 1310. The predicted octanol–water partition coefficient (Wildman–Crippen LogP) is 5.73. The van der Waals surface area contributed by atoms with Crippen molar-refractivity contribution < 1.29 is 50.2 Å². The highest BCUT2D eigenvalue weighted by molar-refractivity contribution is 9.10. The van der Waals surface area contributed by atoms with Crippen molar-refractivity contribution in [2.45, 2.75) is 18.4 Å². The fourth-order valence-electron chi connectivity index (χ4n) is 2.77. The van der Waals surface area contributed by atoms with Gasteiger partial charge in [-0.2, -0.15) is 22.0 Å². The molecule has 0 aliphatic heterocycles. The SMILES string of the molecule is NC(=O)c1cc(OCc2cc(F)cc(C(F)(F)F)c2)c2sc(C(F)(F)P(=O)(O)O)c(Br)c2c1. The van der Waals surface area contributed by atoms with Gasteiger partial charge in [0.05, 0.1) is 10.3 Å². The maximum atomic E-state index is 14.3. The Morgan fingerprint density at radius 2 is 1.76 bits per heavy atom. The van der Waals surface area contributed by atoms with Gasteiger partial charge in [0.25, 0.3) is 0 Å². The number of amides is 1. The molecule has 2 aromatic carbocycles. The fraction of sp³-hybridized carbons (Fsp3) is 0.167. The third-order valence-corrected chi connectivity index (χ3v) is 7.78. The Morgan fingerprint density at radius 3 is 2.30 bits per heavy atom. The normalized spacial score (nSPS) is 12.9. The highest BCUT2D eigenvalue weighted by Gasteiger charge is 2.53. The summed E-state index contributed by atoms with van der Waals surface area (Å²) in [6, 6.07) is 3.77. The number of fused-ring (bicyclic) bond motifs is 1. The molecule has 0 saturated carbocycles. The first-order chi connectivity index (χ1) is 15.0. The summed E-state index contributed by atoms with van der Waals surface area (Å²) in [7, 11) is -5.94. The van der Waals surface area contributed by atoms with Crippen molar-refractivity contribution in [2.75, 3.05) is 0 Å². The van der Waals surface area contributed by atoms with Crippen LogP contribution in [0.3, 0.4) is 0 Å². The number of carbonyl (C=O) groups is 1. The molecule has 1 heterocycles. The van der Waals surface area contributed by atoms with Crippen molar-refractivity contribution in [3.63, 3.8) is 0 Å². The van der Waals surface area contributed by atoms with Gasteiger partial charge in [-0.3, -0.25) is 9.36 Å². The molecule has 0 spiro atoms. The van der Waals surface area contributed by atoms with Crippen LogP contribution >= 0.6 is 34.9 Å². The number of alkyl halides is 5. The summed E-state index contributed by atoms with van der Waals surface area (Å²) < 4.78 is 97.2. The van der Waals surface area contributed by atoms with Crippen LogP contribution in [0.25, 0.3) is 10.1 Å². The zero-order chi connectivity index (χ0) is 24.9. The number of benzene rings is 2. The van der Waals surface area contributed by atoms with E-state index in [1.54, 1.807) is 0 Å². The number of primary amides is 1. The highest BCUT2D eigenvalue weighted by Crippen LogP contribution is 2.63. The standard InChI is InChI=1S/C18H11BrF6NO5PS/c19-13-11-3-8(16(26)27)4-12(14(11)33-15(13)18(24,25)32(28,29)30)31-6-7-1-9(17(21,22)23)5-10(20)2-7/h1-5H,6H2,(H2,26,27)(H2,28,29,30). The zero-order valence-electron chi connectivity index (χ0n) is 15.8. The van der Waals surface area contributed by atoms with Crippen LogP contribution in [0.15, 0.2) is 34.8 Å². The van der Waals surface area contributed by atoms with Crippen LogP contribution in [0.1, 0.15) is 26.4 Å². The molecule has 3 rings (SSSR count). The Balaban J connectivity index is 2.11. The molecule has 33 heavy (non-hydrogen) atoms. The monoisotopic (exact) mass is 577 g/mol. The van der Waals surface area contributed by atoms with Crippen LogP contribution in [0, 0.1) is 5.82 Å². The van der Waals surface area contributed by atoms with Gasteiger partial charge in [0.2, 0.25) is 5.91 Å². The van der Waals surface area contributed by atoms with Crippen molar-refractivity contribution in [1.29, 1.82) is 0 Å². The van der Waals surface area contributed by atoms with Gasteiger partial charge >= 0.3 is 19.4 Å². The number of hydrogen-bond donors (Lipinski definition) is 3. The van der Waals surface area contributed by atoms with Crippen molar-refractivity contribution in [1.82, 2.24) is 0 Å². The van der Waals surface area contributed by atoms with Gasteiger partial charge in [0.1, 0.15) is 23.1 Å². The second-order valence-electron chi connectivity index (χ2n) is 6.68. The summed E-state index contributed by atoms with van der Waals surface area (Å²) in [5, 5.41) is -0.107. The minimum atomic E-state index is -5.94. The van der Waals surface area contributed by atoms with Crippen LogP contribution in [0.4, 0.5) is 26.3 Å². The molecule has 0 aliphatic rings. The highest BCUT2D eigenvalue weighted by atomic mass is 79.9. The van der Waals surface area contributed by atoms with E-state index in [1.807, 2.05) is 0 Å². The van der Waals surface area contributed by atoms with Crippen molar-refractivity contribution in [3.8, 4) is 5.75 Å². The molecule has 6 nitrogen and oxygen atoms in total. The molecule has 0 aliphatic carbocycles. The van der Waals surface area contributed by atoms with E-state index in [9.17, 15) is 35.7 Å². The number of thiophene rings is 1. The van der Waals surface area contributed by atoms with Gasteiger partial charge < -0.3 is 20.3 Å². The molecule has 0 radical (unpaired) electrons. The van der Waals surface area contributed by atoms with Crippen molar-refractivity contribution in [2.24, 2.45) is 5.73 Å². The summed E-state index contributed by atoms with van der Waals surface area (Å²) in [4.78, 5) is 28.7. The molecule has 0 atom stereocenters. The third-order valence-electron chi connectivity index (χ3n) is 4.30. The first-order valence-corrected chi connectivity index (χ1v) is 11.7. The first kappa shape index (κ1) is 25.5. The lowest BCUT2D eigenvalue weighted by molar-refractivity contribution is -0.137. The van der Waals surface area contributed by atoms with Gasteiger partial charge in [-0.05, 0) is 51.8 Å². The van der Waals surface area contributed by atoms with Crippen LogP contribution in [-0.4, -0.2) is 15.7 Å². The summed E-state index contributed by atoms with van der Waals surface area (Å²) in [5.74, 6) is -2.49. The largest absolute Gasteiger partial charge is 0.487 e. The van der Waals surface area contributed by atoms with Gasteiger partial charge in [-0.15, -0.1) is 11.3 Å². The number of carbonyl (C=O) groups excluding carboxylic acids is 1. The van der Waals surface area contributed by atoms with Crippen molar-refractivity contribution >= 4 is 50.9 Å². The second-order valence-corrected chi connectivity index (χ2v) is 10.1. The van der Waals surface area contributed by atoms with E-state index in [0.29, 0.717) is 6.07 Å². The number of ether oxygens (including phenoxy) is 1. The Kier molecular flexibility index (Phi) is 6.63. The third kappa shape index (κ3) is 5.04. The van der Waals surface area contributed by atoms with Crippen LogP contribution in [0.5, 0.6) is 5.75 Å². The summed E-state index contributed by atoms with van der Waals surface area (Å²) in [5.41, 5.74) is -1.14. The Morgan fingerprint density at radius 1 is 1.12 bits per heavy atom. The molecule has 0 saturated heterocycles. The second kappa shape index (κ2) is 8.58. The minimum absolute atomic E-state index is 0.107. The van der Waals surface area contributed by atoms with E-state index >= 15 is 0 Å². The van der Waals surface area contributed by atoms with E-state index in [4.69, 9.17) is 20.3 Å². The molecule has 1 amide bonds. The average molecular weight is 578 g/mol. The lowest BCUT2D eigenvalue weighted by Gasteiger charge is -2.16. The van der Waals surface area contributed by atoms with E-state index in [-0.39, 0.29) is 44.4 Å². The molecule has 3 aromatic rings. The summed E-state index contributed by atoms with van der Waals surface area (Å²) >= 11 is 3.07. The van der Waals surface area contributed by atoms with E-state index in [1.165, 1.54) is 0 Å². The van der Waals surface area contributed by atoms with Gasteiger partial charge in [-0.25, -0.2) is 4.39 Å². The van der Waals surface area contributed by atoms with Crippen LogP contribution in [-0.2, 0) is 23.0 Å². The quantitative estimate of drug-likeness (QED) is 0.256. The summed E-state index contributed by atoms with van der Waals surface area (Å²) in [6.07, 6.45) is -4.84. The molecule has 15 heteroatoms. The average Bonchev–Trinajstić information content (AvgIpc) is 3.01. The smallest absolute Gasteiger partial charge is 0.416 e. The topological polar surface area (TPSA) is 110 Å². The van der Waals surface area contributed by atoms with Gasteiger partial charge in [0, 0.05) is 15.4 Å². The minimum Gasteiger partial charge on any atom is -0.487 e. The molecular weight excluding hydrogens is 567 g/mol. The van der Waals surface area contributed by atoms with Crippen LogP contribution < -0.4 is 10.5 Å². The molecule has 178 valence electrons. The number of hydrogen-bond acceptors (Lipinski definition) is 4. The number of halogens is 7. The summed E-state index contributed by atoms with van der Waals surface area (Å²) in [6.45, 7) is -0.655. The van der Waals surface area contributed by atoms with E-state index < -0.39 is 52.7 Å². The molecule has 1 aromatic heterocycles. The number of nitrogens with two attached hydrogens (primary N) is 1. The van der Waals surface area contributed by atoms with Gasteiger partial charge in [-0.1, -0.05) is 0 Å². The molecule has 4 N–H and O–H groups in total. The fourth-order valence-corrected chi connectivity index (χ4v) is 5.75. The molecule has 0 unspecified atom stereocenters. The number of rotatable bonds is 6. The molecule has 0 fully saturated rings. The predicted molar refractivity (Wildman–Crippen MR) is 110 cm³/mol. The molecular formula is C18H11BrF6NO5PS. The Hall–Kier alpha value is -2.12. The lowest BCUT2D eigenvalue weighted by atomic mass is 10.1. The zero-order valence-corrected chi connectivity index (χ0v) is 19.1. The Labute approximate surface area is 193 Å².